The fourth-order valence-corrected chi connectivity index (χ4v) is 4.01. The largest absolute Gasteiger partial charge is 0.399 e. The van der Waals surface area contributed by atoms with E-state index >= 15 is 0 Å². The van der Waals surface area contributed by atoms with Crippen molar-refractivity contribution in [1.29, 1.82) is 0 Å². The minimum atomic E-state index is 0.288. The Morgan fingerprint density at radius 2 is 1.72 bits per heavy atom. The molecule has 0 fully saturated rings. The second-order valence-electron chi connectivity index (χ2n) is 6.06. The summed E-state index contributed by atoms with van der Waals surface area (Å²) < 4.78 is 0. The highest BCUT2D eigenvalue weighted by Crippen LogP contribution is 2.36. The zero-order valence-corrected chi connectivity index (χ0v) is 14.6. The van der Waals surface area contributed by atoms with Crippen molar-refractivity contribution in [3.8, 4) is 11.4 Å². The molecule has 25 heavy (non-hydrogen) atoms. The first kappa shape index (κ1) is 15.6. The molecule has 0 radical (unpaired) electrons. The summed E-state index contributed by atoms with van der Waals surface area (Å²) in [4.78, 5) is 11.3. The molecular weight excluding hydrogens is 328 g/mol. The Balaban J connectivity index is 1.80. The van der Waals surface area contributed by atoms with Gasteiger partial charge in [0.15, 0.2) is 5.82 Å². The third-order valence-corrected chi connectivity index (χ3v) is 5.52. The van der Waals surface area contributed by atoms with Gasteiger partial charge >= 0.3 is 0 Å². The molecule has 2 aromatic heterocycles. The van der Waals surface area contributed by atoms with Gasteiger partial charge in [-0.05, 0) is 23.8 Å². The quantitative estimate of drug-likeness (QED) is 0.528. The van der Waals surface area contributed by atoms with E-state index in [1.165, 1.54) is 10.4 Å². The van der Waals surface area contributed by atoms with E-state index in [1.54, 1.807) is 11.3 Å². The first-order valence-corrected chi connectivity index (χ1v) is 8.91. The lowest BCUT2D eigenvalue weighted by molar-refractivity contribution is 0.949. The monoisotopic (exact) mass is 346 g/mol. The van der Waals surface area contributed by atoms with Crippen molar-refractivity contribution in [1.82, 2.24) is 9.97 Å². The van der Waals surface area contributed by atoms with Crippen molar-refractivity contribution >= 4 is 33.1 Å². The number of nitrogens with zero attached hydrogens (tertiary/aromatic N) is 2. The Morgan fingerprint density at radius 3 is 2.48 bits per heavy atom. The average Bonchev–Trinajstić information content (AvgIpc) is 3.06. The molecule has 0 aliphatic carbocycles. The van der Waals surface area contributed by atoms with Gasteiger partial charge in [-0.2, -0.15) is 0 Å². The van der Waals surface area contributed by atoms with Crippen molar-refractivity contribution in [2.75, 3.05) is 11.5 Å². The molecule has 4 nitrogen and oxygen atoms in total. The Bertz CT molecular complexity index is 1040. The maximum Gasteiger partial charge on any atom is 0.163 e. The number of hydrogen-bond acceptors (Lipinski definition) is 5. The number of anilines is 2. The van der Waals surface area contributed by atoms with Crippen LogP contribution in [0.4, 0.5) is 11.5 Å². The maximum absolute atomic E-state index is 6.21. The molecule has 4 aromatic rings. The summed E-state index contributed by atoms with van der Waals surface area (Å²) in [5.74, 6) is 1.40. The summed E-state index contributed by atoms with van der Waals surface area (Å²) in [6.07, 6.45) is 0. The number of thiophene rings is 1. The summed E-state index contributed by atoms with van der Waals surface area (Å²) in [6.45, 7) is 2.20. The van der Waals surface area contributed by atoms with Gasteiger partial charge < -0.3 is 11.5 Å². The molecule has 0 aliphatic rings. The molecule has 0 aliphatic heterocycles. The number of nitrogen functional groups attached to an aromatic ring is 2. The molecule has 0 bridgehead atoms. The average molecular weight is 346 g/mol. The summed E-state index contributed by atoms with van der Waals surface area (Å²) >= 11 is 1.67. The number of rotatable bonds is 3. The van der Waals surface area contributed by atoms with Gasteiger partial charge in [0.1, 0.15) is 10.6 Å². The minimum absolute atomic E-state index is 0.288. The SMILES string of the molecule is CC(c1ccccc1)c1cc2c(N)nc(-c3cccc(N)c3)nc2s1. The predicted octanol–water partition coefficient (Wildman–Crippen LogP) is 4.67. The molecule has 5 heteroatoms. The molecule has 0 saturated carbocycles. The number of aromatic nitrogens is 2. The summed E-state index contributed by atoms with van der Waals surface area (Å²) in [5.41, 5.74) is 14.9. The van der Waals surface area contributed by atoms with Crippen LogP contribution in [-0.2, 0) is 0 Å². The summed E-state index contributed by atoms with van der Waals surface area (Å²) in [5, 5.41) is 0.912. The van der Waals surface area contributed by atoms with Crippen molar-refractivity contribution in [2.45, 2.75) is 12.8 Å². The zero-order valence-electron chi connectivity index (χ0n) is 13.8. The van der Waals surface area contributed by atoms with E-state index in [1.807, 2.05) is 30.3 Å². The molecule has 4 rings (SSSR count). The van der Waals surface area contributed by atoms with Crippen LogP contribution in [0.25, 0.3) is 21.6 Å². The summed E-state index contributed by atoms with van der Waals surface area (Å²) in [6, 6.07) is 20.1. The van der Waals surface area contributed by atoms with Crippen LogP contribution in [0.2, 0.25) is 0 Å². The number of benzene rings is 2. The van der Waals surface area contributed by atoms with Gasteiger partial charge in [0, 0.05) is 22.0 Å². The molecule has 0 spiro atoms. The van der Waals surface area contributed by atoms with Crippen LogP contribution in [0, 0.1) is 0 Å². The molecule has 0 amide bonds. The lowest BCUT2D eigenvalue weighted by Gasteiger charge is -2.08. The molecule has 0 saturated heterocycles. The highest BCUT2D eigenvalue weighted by Gasteiger charge is 2.16. The van der Waals surface area contributed by atoms with E-state index < -0.39 is 0 Å². The van der Waals surface area contributed by atoms with Gasteiger partial charge in [0.25, 0.3) is 0 Å². The number of nitrogens with two attached hydrogens (primary N) is 2. The van der Waals surface area contributed by atoms with Crippen LogP contribution in [0.15, 0.2) is 60.7 Å². The van der Waals surface area contributed by atoms with Gasteiger partial charge in [-0.25, -0.2) is 9.97 Å². The van der Waals surface area contributed by atoms with Gasteiger partial charge in [-0.3, -0.25) is 0 Å². The molecule has 1 atom stereocenters. The van der Waals surface area contributed by atoms with Crippen LogP contribution in [0.1, 0.15) is 23.3 Å². The van der Waals surface area contributed by atoms with Gasteiger partial charge in [-0.15, -0.1) is 11.3 Å². The highest BCUT2D eigenvalue weighted by molar-refractivity contribution is 7.18. The first-order chi connectivity index (χ1) is 12.1. The Kier molecular flexibility index (Phi) is 3.86. The van der Waals surface area contributed by atoms with Crippen molar-refractivity contribution in [3.63, 3.8) is 0 Å². The van der Waals surface area contributed by atoms with Gasteiger partial charge in [-0.1, -0.05) is 49.4 Å². The van der Waals surface area contributed by atoms with Crippen molar-refractivity contribution < 1.29 is 0 Å². The van der Waals surface area contributed by atoms with E-state index in [4.69, 9.17) is 16.5 Å². The third-order valence-electron chi connectivity index (χ3n) is 4.31. The number of fused-ring (bicyclic) bond motifs is 1. The van der Waals surface area contributed by atoms with Crippen LogP contribution < -0.4 is 11.5 Å². The van der Waals surface area contributed by atoms with Crippen LogP contribution in [0.3, 0.4) is 0 Å². The standard InChI is InChI=1S/C20H18N4S/c1-12(13-6-3-2-4-7-13)17-11-16-18(22)23-19(24-20(16)25-17)14-8-5-9-15(21)10-14/h2-12H,21H2,1H3,(H2,22,23,24). The normalized spacial score (nSPS) is 12.4. The smallest absolute Gasteiger partial charge is 0.163 e. The molecule has 1 unspecified atom stereocenters. The van der Waals surface area contributed by atoms with Crippen molar-refractivity contribution in [2.24, 2.45) is 0 Å². The molecule has 2 aromatic carbocycles. The van der Waals surface area contributed by atoms with E-state index in [9.17, 15) is 0 Å². The Labute approximate surface area is 150 Å². The molecule has 2 heterocycles. The van der Waals surface area contributed by atoms with E-state index in [-0.39, 0.29) is 5.92 Å². The fraction of sp³-hybridized carbons (Fsp3) is 0.100. The van der Waals surface area contributed by atoms with Gasteiger partial charge in [0.05, 0.1) is 5.39 Å². The van der Waals surface area contributed by atoms with Gasteiger partial charge in [0.2, 0.25) is 0 Å². The number of hydrogen-bond donors (Lipinski definition) is 2. The predicted molar refractivity (Wildman–Crippen MR) is 106 cm³/mol. The lowest BCUT2D eigenvalue weighted by Crippen LogP contribution is -1.96. The minimum Gasteiger partial charge on any atom is -0.399 e. The topological polar surface area (TPSA) is 77.8 Å². The van der Waals surface area contributed by atoms with E-state index in [0.29, 0.717) is 17.3 Å². The Morgan fingerprint density at radius 1 is 0.920 bits per heavy atom. The summed E-state index contributed by atoms with van der Waals surface area (Å²) in [7, 11) is 0. The lowest BCUT2D eigenvalue weighted by atomic mass is 9.99. The van der Waals surface area contributed by atoms with Crippen molar-refractivity contribution in [3.05, 3.63) is 71.1 Å². The Hall–Kier alpha value is -2.92. The van der Waals surface area contributed by atoms with Crippen LogP contribution >= 0.6 is 11.3 Å². The third kappa shape index (κ3) is 2.94. The highest BCUT2D eigenvalue weighted by atomic mass is 32.1. The second-order valence-corrected chi connectivity index (χ2v) is 7.12. The van der Waals surface area contributed by atoms with E-state index in [2.05, 4.69) is 42.2 Å². The van der Waals surface area contributed by atoms with E-state index in [0.717, 1.165) is 15.8 Å². The maximum atomic E-state index is 6.21. The fourth-order valence-electron chi connectivity index (χ4n) is 2.89. The van der Waals surface area contributed by atoms with Crippen LogP contribution in [-0.4, -0.2) is 9.97 Å². The molecular formula is C20H18N4S. The first-order valence-electron chi connectivity index (χ1n) is 8.09. The second kappa shape index (κ2) is 6.18. The zero-order chi connectivity index (χ0) is 17.4. The molecule has 124 valence electrons. The molecule has 4 N–H and O–H groups in total. The van der Waals surface area contributed by atoms with Crippen LogP contribution in [0.5, 0.6) is 0 Å².